The molecule has 0 aliphatic carbocycles. The molecule has 1 rings (SSSR count). The topological polar surface area (TPSA) is 32.3 Å². The average Bonchev–Trinajstić information content (AvgIpc) is 2.30. The van der Waals surface area contributed by atoms with Crippen molar-refractivity contribution >= 4 is 5.91 Å². The van der Waals surface area contributed by atoms with Gasteiger partial charge >= 0.3 is 0 Å². The number of hydrazine groups is 1. The maximum atomic E-state index is 11.5. The number of aryl methyl sites for hydroxylation is 4. The Morgan fingerprint density at radius 2 is 1.68 bits per heavy atom. The Hall–Kier alpha value is -1.35. The number of hydrogen-bond donors (Lipinski definition) is 1. The van der Waals surface area contributed by atoms with Crippen molar-refractivity contribution in [3.05, 3.63) is 34.4 Å². The molecule has 3 nitrogen and oxygen atoms in total. The van der Waals surface area contributed by atoms with Gasteiger partial charge in [0.25, 0.3) is 0 Å². The first-order valence-electron chi connectivity index (χ1n) is 6.93. The van der Waals surface area contributed by atoms with E-state index >= 15 is 0 Å². The monoisotopic (exact) mass is 262 g/mol. The minimum atomic E-state index is 0.0989. The fourth-order valence-corrected chi connectivity index (χ4v) is 2.20. The van der Waals surface area contributed by atoms with Gasteiger partial charge in [-0.05, 0) is 62.3 Å². The summed E-state index contributed by atoms with van der Waals surface area (Å²) in [5.74, 6) is 0.0989. The summed E-state index contributed by atoms with van der Waals surface area (Å²) in [6.45, 7) is 6.47. The molecule has 0 fully saturated rings. The Morgan fingerprint density at radius 3 is 2.32 bits per heavy atom. The number of nitrogens with one attached hydrogen (secondary N) is 1. The number of amides is 1. The predicted octanol–water partition coefficient (Wildman–Crippen LogP) is 2.92. The van der Waals surface area contributed by atoms with Gasteiger partial charge < -0.3 is 0 Å². The van der Waals surface area contributed by atoms with E-state index in [4.69, 9.17) is 0 Å². The van der Waals surface area contributed by atoms with Gasteiger partial charge in [-0.2, -0.15) is 0 Å². The lowest BCUT2D eigenvalue weighted by atomic mass is 9.97. The van der Waals surface area contributed by atoms with Crippen LogP contribution in [-0.4, -0.2) is 25.0 Å². The van der Waals surface area contributed by atoms with Gasteiger partial charge in [0.1, 0.15) is 0 Å². The molecular weight excluding hydrogens is 236 g/mol. The molecule has 0 bridgehead atoms. The van der Waals surface area contributed by atoms with E-state index in [2.05, 4.69) is 38.3 Å². The van der Waals surface area contributed by atoms with Crippen LogP contribution >= 0.6 is 0 Å². The van der Waals surface area contributed by atoms with Crippen molar-refractivity contribution < 1.29 is 4.79 Å². The molecule has 0 radical (unpaired) electrons. The van der Waals surface area contributed by atoms with E-state index in [1.807, 2.05) is 14.1 Å². The summed E-state index contributed by atoms with van der Waals surface area (Å²) in [6.07, 6.45) is 3.65. The fourth-order valence-electron chi connectivity index (χ4n) is 2.20. The first-order chi connectivity index (χ1) is 8.90. The minimum absolute atomic E-state index is 0.0989. The van der Waals surface area contributed by atoms with Crippen LogP contribution in [0.3, 0.4) is 0 Å². The standard InChI is InChI=1S/C16H26N2O/c1-12-10-14(3)15(11-13(12)2)8-6-7-9-16(19)17-18(4)5/h10-11H,6-9H2,1-5H3,(H,17,19). The van der Waals surface area contributed by atoms with E-state index < -0.39 is 0 Å². The van der Waals surface area contributed by atoms with Crippen molar-refractivity contribution in [3.8, 4) is 0 Å². The van der Waals surface area contributed by atoms with Crippen LogP contribution in [-0.2, 0) is 11.2 Å². The molecule has 0 atom stereocenters. The van der Waals surface area contributed by atoms with Crippen LogP contribution in [0.4, 0.5) is 0 Å². The Labute approximate surface area is 117 Å². The van der Waals surface area contributed by atoms with E-state index in [1.54, 1.807) is 5.01 Å². The van der Waals surface area contributed by atoms with E-state index in [1.165, 1.54) is 22.3 Å². The average molecular weight is 262 g/mol. The summed E-state index contributed by atoms with van der Waals surface area (Å²) in [7, 11) is 3.66. The zero-order valence-corrected chi connectivity index (χ0v) is 12.8. The zero-order chi connectivity index (χ0) is 14.4. The van der Waals surface area contributed by atoms with Gasteiger partial charge in [-0.3, -0.25) is 10.2 Å². The van der Waals surface area contributed by atoms with Crippen LogP contribution in [0.15, 0.2) is 12.1 Å². The Kier molecular flexibility index (Phi) is 6.03. The van der Waals surface area contributed by atoms with Crippen LogP contribution < -0.4 is 5.43 Å². The highest BCUT2D eigenvalue weighted by molar-refractivity contribution is 5.75. The lowest BCUT2D eigenvalue weighted by Gasteiger charge is -2.12. The third kappa shape index (κ3) is 5.43. The predicted molar refractivity (Wildman–Crippen MR) is 80.0 cm³/mol. The largest absolute Gasteiger partial charge is 0.289 e. The number of carbonyl (C=O) groups excluding carboxylic acids is 1. The first-order valence-corrected chi connectivity index (χ1v) is 6.93. The minimum Gasteiger partial charge on any atom is -0.289 e. The third-order valence-corrected chi connectivity index (χ3v) is 3.40. The lowest BCUT2D eigenvalue weighted by Crippen LogP contribution is -2.35. The maximum Gasteiger partial charge on any atom is 0.234 e. The fraction of sp³-hybridized carbons (Fsp3) is 0.562. The van der Waals surface area contributed by atoms with Gasteiger partial charge in [0.05, 0.1) is 0 Å². The summed E-state index contributed by atoms with van der Waals surface area (Å²) in [4.78, 5) is 11.5. The molecule has 106 valence electrons. The third-order valence-electron chi connectivity index (χ3n) is 3.40. The van der Waals surface area contributed by atoms with Gasteiger partial charge in [0.15, 0.2) is 0 Å². The number of unbranched alkanes of at least 4 members (excludes halogenated alkanes) is 1. The van der Waals surface area contributed by atoms with E-state index in [-0.39, 0.29) is 5.91 Å². The first kappa shape index (κ1) is 15.7. The summed E-state index contributed by atoms with van der Waals surface area (Å²) >= 11 is 0. The number of nitrogens with zero attached hydrogens (tertiary/aromatic N) is 1. The van der Waals surface area contributed by atoms with Crippen molar-refractivity contribution in [1.82, 2.24) is 10.4 Å². The van der Waals surface area contributed by atoms with Crippen LogP contribution in [0.2, 0.25) is 0 Å². The molecule has 0 aromatic heterocycles. The number of carbonyl (C=O) groups is 1. The highest BCUT2D eigenvalue weighted by atomic mass is 16.2. The van der Waals surface area contributed by atoms with Crippen LogP contribution in [0.25, 0.3) is 0 Å². The molecule has 0 saturated heterocycles. The second-order valence-electron chi connectivity index (χ2n) is 5.50. The normalized spacial score (nSPS) is 10.8. The summed E-state index contributed by atoms with van der Waals surface area (Å²) in [5, 5.41) is 1.69. The Balaban J connectivity index is 2.38. The lowest BCUT2D eigenvalue weighted by molar-refractivity contribution is -0.124. The van der Waals surface area contributed by atoms with E-state index in [9.17, 15) is 4.79 Å². The molecule has 1 aromatic rings. The molecule has 0 spiro atoms. The molecule has 0 aliphatic heterocycles. The number of benzene rings is 1. The maximum absolute atomic E-state index is 11.5. The number of hydrogen-bond acceptors (Lipinski definition) is 2. The van der Waals surface area contributed by atoms with Crippen molar-refractivity contribution in [2.75, 3.05) is 14.1 Å². The van der Waals surface area contributed by atoms with Gasteiger partial charge in [0, 0.05) is 20.5 Å². The summed E-state index contributed by atoms with van der Waals surface area (Å²) in [5.41, 5.74) is 8.24. The van der Waals surface area contributed by atoms with Crippen molar-refractivity contribution in [3.63, 3.8) is 0 Å². The van der Waals surface area contributed by atoms with E-state index in [0.717, 1.165) is 19.3 Å². The summed E-state index contributed by atoms with van der Waals surface area (Å²) < 4.78 is 0. The summed E-state index contributed by atoms with van der Waals surface area (Å²) in [6, 6.07) is 4.54. The van der Waals surface area contributed by atoms with Gasteiger partial charge in [-0.1, -0.05) is 12.1 Å². The molecular formula is C16H26N2O. The van der Waals surface area contributed by atoms with Gasteiger partial charge in [-0.25, -0.2) is 5.01 Å². The van der Waals surface area contributed by atoms with Crippen LogP contribution in [0, 0.1) is 20.8 Å². The molecule has 0 heterocycles. The van der Waals surface area contributed by atoms with Crippen molar-refractivity contribution in [2.24, 2.45) is 0 Å². The SMILES string of the molecule is Cc1cc(C)c(CCCCC(=O)NN(C)C)cc1C. The van der Waals surface area contributed by atoms with Crippen molar-refractivity contribution in [2.45, 2.75) is 46.5 Å². The molecule has 1 amide bonds. The molecule has 0 aliphatic rings. The van der Waals surface area contributed by atoms with Crippen LogP contribution in [0.1, 0.15) is 41.5 Å². The number of rotatable bonds is 6. The Bertz CT molecular complexity index is 439. The molecule has 1 aromatic carbocycles. The highest BCUT2D eigenvalue weighted by Gasteiger charge is 2.04. The molecule has 3 heteroatoms. The zero-order valence-electron chi connectivity index (χ0n) is 12.8. The molecule has 0 saturated carbocycles. The second-order valence-corrected chi connectivity index (χ2v) is 5.50. The highest BCUT2D eigenvalue weighted by Crippen LogP contribution is 2.17. The second kappa shape index (κ2) is 7.29. The van der Waals surface area contributed by atoms with Gasteiger partial charge in [0.2, 0.25) is 5.91 Å². The molecule has 1 N–H and O–H groups in total. The van der Waals surface area contributed by atoms with E-state index in [0.29, 0.717) is 6.42 Å². The van der Waals surface area contributed by atoms with Crippen LogP contribution in [0.5, 0.6) is 0 Å². The molecule has 0 unspecified atom stereocenters. The van der Waals surface area contributed by atoms with Crippen molar-refractivity contribution in [1.29, 1.82) is 0 Å². The molecule has 19 heavy (non-hydrogen) atoms. The van der Waals surface area contributed by atoms with Gasteiger partial charge in [-0.15, -0.1) is 0 Å². The smallest absolute Gasteiger partial charge is 0.234 e. The Morgan fingerprint density at radius 1 is 1.05 bits per heavy atom. The quantitative estimate of drug-likeness (QED) is 0.631.